The summed E-state index contributed by atoms with van der Waals surface area (Å²) in [5, 5.41) is 10.3. The zero-order valence-corrected chi connectivity index (χ0v) is 21.9. The maximum atomic E-state index is 4.68. The van der Waals surface area contributed by atoms with E-state index in [1.165, 1.54) is 0 Å². The van der Waals surface area contributed by atoms with Crippen molar-refractivity contribution in [2.24, 2.45) is 0 Å². The molecule has 1 aromatic carbocycles. The Morgan fingerprint density at radius 1 is 0.972 bits per heavy atom. The van der Waals surface area contributed by atoms with Gasteiger partial charge in [-0.25, -0.2) is 9.97 Å². The van der Waals surface area contributed by atoms with Crippen molar-refractivity contribution in [1.82, 2.24) is 24.6 Å². The summed E-state index contributed by atoms with van der Waals surface area (Å²) in [6.07, 6.45) is 9.96. The van der Waals surface area contributed by atoms with Crippen LogP contribution in [0.2, 0.25) is 0 Å². The molecular formula is C28H34BN7. The number of fused-ring (bicyclic) bond motifs is 1. The maximum absolute atomic E-state index is 4.68. The summed E-state index contributed by atoms with van der Waals surface area (Å²) < 4.78 is 2.01. The van der Waals surface area contributed by atoms with Crippen molar-refractivity contribution >= 4 is 36.0 Å². The second kappa shape index (κ2) is 9.78. The minimum Gasteiger partial charge on any atom is -0.354 e. The Morgan fingerprint density at radius 2 is 1.78 bits per heavy atom. The Kier molecular flexibility index (Phi) is 6.54. The number of rotatable bonds is 6. The second-order valence-electron chi connectivity index (χ2n) is 10.5. The molecule has 8 heteroatoms. The van der Waals surface area contributed by atoms with Crippen LogP contribution in [0, 0.1) is 0 Å². The van der Waals surface area contributed by atoms with Gasteiger partial charge in [-0.2, -0.15) is 5.10 Å². The lowest BCUT2D eigenvalue weighted by atomic mass is 9.82. The van der Waals surface area contributed by atoms with E-state index in [9.17, 15) is 0 Å². The summed E-state index contributed by atoms with van der Waals surface area (Å²) in [5.74, 6) is 1.84. The largest absolute Gasteiger partial charge is 0.354 e. The van der Waals surface area contributed by atoms with Gasteiger partial charge >= 0.3 is 0 Å². The highest BCUT2D eigenvalue weighted by Gasteiger charge is 2.17. The van der Waals surface area contributed by atoms with E-state index >= 15 is 0 Å². The molecule has 0 radical (unpaired) electrons. The van der Waals surface area contributed by atoms with E-state index in [-0.39, 0.29) is 5.44 Å². The maximum Gasteiger partial charge on any atom is 0.136 e. The van der Waals surface area contributed by atoms with E-state index in [1.54, 1.807) is 0 Å². The molecule has 1 aliphatic rings. The SMILES string of the molecule is BC(C)(C)n1cc(-c2ccc3cnc(N/C(=C/C)c4ccnc(N5CCN(C)CC5)c4)cc3c2)cn1. The van der Waals surface area contributed by atoms with Crippen molar-refractivity contribution in [2.75, 3.05) is 43.4 Å². The summed E-state index contributed by atoms with van der Waals surface area (Å²) in [6.45, 7) is 10.5. The second-order valence-corrected chi connectivity index (χ2v) is 10.5. The summed E-state index contributed by atoms with van der Waals surface area (Å²) in [4.78, 5) is 14.0. The fourth-order valence-corrected chi connectivity index (χ4v) is 4.47. The summed E-state index contributed by atoms with van der Waals surface area (Å²) in [7, 11) is 4.32. The molecular weight excluding hydrogens is 445 g/mol. The zero-order chi connectivity index (χ0) is 25.3. The highest BCUT2D eigenvalue weighted by atomic mass is 15.3. The molecule has 1 fully saturated rings. The molecule has 4 heterocycles. The van der Waals surface area contributed by atoms with E-state index in [2.05, 4.69) is 102 Å². The van der Waals surface area contributed by atoms with Gasteiger partial charge in [0.05, 0.1) is 6.20 Å². The molecule has 0 saturated carbocycles. The van der Waals surface area contributed by atoms with Crippen molar-refractivity contribution < 1.29 is 0 Å². The molecule has 0 amide bonds. The molecule has 1 saturated heterocycles. The predicted molar refractivity (Wildman–Crippen MR) is 152 cm³/mol. The summed E-state index contributed by atoms with van der Waals surface area (Å²) in [6, 6.07) is 12.8. The van der Waals surface area contributed by atoms with Gasteiger partial charge in [0.25, 0.3) is 0 Å². The number of pyridine rings is 2. The van der Waals surface area contributed by atoms with Crippen LogP contribution < -0.4 is 10.2 Å². The third kappa shape index (κ3) is 5.14. The Morgan fingerprint density at radius 3 is 2.50 bits per heavy atom. The van der Waals surface area contributed by atoms with Gasteiger partial charge in [-0.3, -0.25) is 4.68 Å². The minimum atomic E-state index is -0.0455. The molecule has 36 heavy (non-hydrogen) atoms. The number of likely N-dealkylation sites (N-methyl/N-ethyl adjacent to an activating group) is 1. The van der Waals surface area contributed by atoms with Crippen LogP contribution in [0.15, 0.2) is 67.3 Å². The molecule has 184 valence electrons. The van der Waals surface area contributed by atoms with Crippen LogP contribution in [0.3, 0.4) is 0 Å². The number of hydrogen-bond donors (Lipinski definition) is 1. The lowest BCUT2D eigenvalue weighted by Crippen LogP contribution is -2.44. The van der Waals surface area contributed by atoms with Crippen molar-refractivity contribution in [2.45, 2.75) is 26.2 Å². The van der Waals surface area contributed by atoms with Crippen LogP contribution in [0.25, 0.3) is 27.6 Å². The Labute approximate surface area is 214 Å². The van der Waals surface area contributed by atoms with E-state index in [4.69, 9.17) is 0 Å². The number of nitrogens with zero attached hydrogens (tertiary/aromatic N) is 6. The average Bonchev–Trinajstić information content (AvgIpc) is 3.39. The first kappa shape index (κ1) is 24.1. The summed E-state index contributed by atoms with van der Waals surface area (Å²) in [5.41, 5.74) is 4.33. The number of nitrogens with one attached hydrogen (secondary N) is 1. The van der Waals surface area contributed by atoms with Gasteiger partial charge in [0.15, 0.2) is 0 Å². The van der Waals surface area contributed by atoms with Crippen molar-refractivity contribution in [3.63, 3.8) is 0 Å². The fraction of sp³-hybridized carbons (Fsp3) is 0.321. The fourth-order valence-electron chi connectivity index (χ4n) is 4.47. The number of piperazine rings is 1. The number of anilines is 2. The molecule has 0 spiro atoms. The van der Waals surface area contributed by atoms with Gasteiger partial charge in [0.1, 0.15) is 19.5 Å². The lowest BCUT2D eigenvalue weighted by Gasteiger charge is -2.33. The smallest absolute Gasteiger partial charge is 0.136 e. The van der Waals surface area contributed by atoms with E-state index in [0.29, 0.717) is 0 Å². The van der Waals surface area contributed by atoms with Crippen LogP contribution in [0.5, 0.6) is 0 Å². The standard InChI is InChI=1S/C28H34BN7/c1-5-25(21-8-9-30-27(16-21)35-12-10-34(4)11-13-35)33-26-15-23-14-20(6-7-22(23)17-31-26)24-18-32-36(19-24)28(2,3)29/h5-9,14-19H,10-13,29H2,1-4H3,(H,31,33)/b25-5+. The van der Waals surface area contributed by atoms with Crippen molar-refractivity contribution in [3.05, 3.63) is 72.8 Å². The monoisotopic (exact) mass is 479 g/mol. The van der Waals surface area contributed by atoms with Crippen LogP contribution >= 0.6 is 0 Å². The molecule has 3 aromatic heterocycles. The van der Waals surface area contributed by atoms with Gasteiger partial charge in [0.2, 0.25) is 0 Å². The van der Waals surface area contributed by atoms with Gasteiger partial charge in [-0.1, -0.05) is 18.2 Å². The Bertz CT molecular complexity index is 1390. The quantitative estimate of drug-likeness (QED) is 0.421. The van der Waals surface area contributed by atoms with E-state index in [1.807, 2.05) is 36.3 Å². The normalized spacial score (nSPS) is 15.4. The Balaban J connectivity index is 1.38. The molecule has 4 aromatic rings. The number of benzene rings is 1. The third-order valence-electron chi connectivity index (χ3n) is 6.76. The van der Waals surface area contributed by atoms with Gasteiger partial charge in [-0.05, 0) is 63.0 Å². The zero-order valence-electron chi connectivity index (χ0n) is 21.9. The number of aromatic nitrogens is 4. The van der Waals surface area contributed by atoms with Gasteiger partial charge in [0, 0.05) is 72.4 Å². The molecule has 0 aliphatic carbocycles. The molecule has 1 aliphatic heterocycles. The predicted octanol–water partition coefficient (Wildman–Crippen LogP) is 4.04. The van der Waals surface area contributed by atoms with Crippen LogP contribution in [0.1, 0.15) is 26.3 Å². The van der Waals surface area contributed by atoms with Gasteiger partial charge < -0.3 is 15.1 Å². The van der Waals surface area contributed by atoms with Gasteiger partial charge in [-0.15, -0.1) is 0 Å². The highest BCUT2D eigenvalue weighted by molar-refractivity contribution is 6.13. The Hall–Kier alpha value is -3.65. The van der Waals surface area contributed by atoms with E-state index in [0.717, 1.165) is 71.0 Å². The molecule has 1 N–H and O–H groups in total. The van der Waals surface area contributed by atoms with Crippen molar-refractivity contribution in [3.8, 4) is 11.1 Å². The first-order valence-corrected chi connectivity index (χ1v) is 12.6. The number of allylic oxidation sites excluding steroid dienone is 1. The first-order valence-electron chi connectivity index (χ1n) is 12.6. The minimum absolute atomic E-state index is 0.0455. The van der Waals surface area contributed by atoms with Crippen LogP contribution in [-0.4, -0.2) is 65.7 Å². The first-order chi connectivity index (χ1) is 17.3. The highest BCUT2D eigenvalue weighted by Crippen LogP contribution is 2.28. The molecule has 5 rings (SSSR count). The summed E-state index contributed by atoms with van der Waals surface area (Å²) >= 11 is 0. The topological polar surface area (TPSA) is 62.1 Å². The average molecular weight is 479 g/mol. The third-order valence-corrected chi connectivity index (χ3v) is 6.76. The molecule has 0 atom stereocenters. The lowest BCUT2D eigenvalue weighted by molar-refractivity contribution is 0.312. The van der Waals surface area contributed by atoms with Crippen LogP contribution in [0.4, 0.5) is 11.6 Å². The molecule has 0 bridgehead atoms. The van der Waals surface area contributed by atoms with Crippen molar-refractivity contribution in [1.29, 1.82) is 0 Å². The van der Waals surface area contributed by atoms with E-state index < -0.39 is 0 Å². The number of hydrogen-bond acceptors (Lipinski definition) is 6. The van der Waals surface area contributed by atoms with Crippen LogP contribution in [-0.2, 0) is 5.44 Å². The molecule has 0 unspecified atom stereocenters. The molecule has 7 nitrogen and oxygen atoms in total.